The van der Waals surface area contributed by atoms with Crippen LogP contribution in [0, 0.1) is 0 Å². The lowest BCUT2D eigenvalue weighted by atomic mass is 10.3. The van der Waals surface area contributed by atoms with Crippen LogP contribution in [0.2, 0.25) is 0 Å². The molecule has 0 saturated carbocycles. The van der Waals surface area contributed by atoms with Gasteiger partial charge in [0, 0.05) is 11.4 Å². The molecule has 0 aliphatic heterocycles. The molecule has 1 aromatic rings. The Balaban J connectivity index is 2.26. The highest BCUT2D eigenvalue weighted by atomic mass is 32.1. The van der Waals surface area contributed by atoms with Crippen LogP contribution in [0.5, 0.6) is 0 Å². The van der Waals surface area contributed by atoms with Gasteiger partial charge in [-0.3, -0.25) is 4.79 Å². The van der Waals surface area contributed by atoms with Gasteiger partial charge in [0.2, 0.25) is 5.91 Å². The molecule has 1 atom stereocenters. The van der Waals surface area contributed by atoms with Crippen LogP contribution in [0.1, 0.15) is 11.8 Å². The molecule has 3 nitrogen and oxygen atoms in total. The van der Waals surface area contributed by atoms with E-state index in [0.717, 1.165) is 4.88 Å². The van der Waals surface area contributed by atoms with Gasteiger partial charge in [0.05, 0.1) is 12.5 Å². The predicted molar refractivity (Wildman–Crippen MR) is 52.7 cm³/mol. The van der Waals surface area contributed by atoms with Crippen LogP contribution in [0.25, 0.3) is 0 Å². The molecule has 0 radical (unpaired) electrons. The lowest BCUT2D eigenvalue weighted by Gasteiger charge is -2.05. The molecule has 1 heterocycles. The SMILES string of the molecule is C[C@H](O)CNC(=O)Cc1cccs1. The van der Waals surface area contributed by atoms with Crippen molar-refractivity contribution in [2.24, 2.45) is 0 Å². The van der Waals surface area contributed by atoms with E-state index >= 15 is 0 Å². The summed E-state index contributed by atoms with van der Waals surface area (Å²) in [6.07, 6.45) is -0.0722. The topological polar surface area (TPSA) is 49.3 Å². The Hall–Kier alpha value is -0.870. The van der Waals surface area contributed by atoms with Crippen LogP contribution in [0.3, 0.4) is 0 Å². The lowest BCUT2D eigenvalue weighted by Crippen LogP contribution is -2.31. The number of nitrogens with one attached hydrogen (secondary N) is 1. The molecule has 0 aliphatic carbocycles. The fourth-order valence-corrected chi connectivity index (χ4v) is 1.60. The molecule has 4 heteroatoms. The number of carbonyl (C=O) groups is 1. The number of hydrogen-bond acceptors (Lipinski definition) is 3. The van der Waals surface area contributed by atoms with Gasteiger partial charge in [0.15, 0.2) is 0 Å². The van der Waals surface area contributed by atoms with Gasteiger partial charge in [-0.15, -0.1) is 11.3 Å². The number of rotatable bonds is 4. The molecule has 13 heavy (non-hydrogen) atoms. The molecule has 0 aromatic carbocycles. The van der Waals surface area contributed by atoms with Gasteiger partial charge in [-0.1, -0.05) is 6.07 Å². The van der Waals surface area contributed by atoms with Gasteiger partial charge in [-0.05, 0) is 18.4 Å². The zero-order valence-corrected chi connectivity index (χ0v) is 8.30. The maximum Gasteiger partial charge on any atom is 0.225 e. The van der Waals surface area contributed by atoms with Crippen molar-refractivity contribution in [3.8, 4) is 0 Å². The van der Waals surface area contributed by atoms with Gasteiger partial charge in [0.1, 0.15) is 0 Å². The molecule has 0 aliphatic rings. The molecule has 1 amide bonds. The molecular weight excluding hydrogens is 186 g/mol. The summed E-state index contributed by atoms with van der Waals surface area (Å²) < 4.78 is 0. The highest BCUT2D eigenvalue weighted by Crippen LogP contribution is 2.08. The molecule has 1 aromatic heterocycles. The average Bonchev–Trinajstić information content (AvgIpc) is 2.53. The summed E-state index contributed by atoms with van der Waals surface area (Å²) in [5.74, 6) is -0.0386. The normalized spacial score (nSPS) is 12.5. The summed E-state index contributed by atoms with van der Waals surface area (Å²) in [5.41, 5.74) is 0. The number of amides is 1. The maximum absolute atomic E-state index is 11.2. The van der Waals surface area contributed by atoms with E-state index in [1.807, 2.05) is 17.5 Å². The van der Waals surface area contributed by atoms with Gasteiger partial charge in [-0.2, -0.15) is 0 Å². The minimum Gasteiger partial charge on any atom is -0.392 e. The Labute approximate surface area is 81.4 Å². The van der Waals surface area contributed by atoms with Crippen molar-refractivity contribution in [2.75, 3.05) is 6.54 Å². The molecule has 0 fully saturated rings. The quantitative estimate of drug-likeness (QED) is 0.753. The standard InChI is InChI=1S/C9H13NO2S/c1-7(11)6-10-9(12)5-8-3-2-4-13-8/h2-4,7,11H,5-6H2,1H3,(H,10,12)/t7-/m0/s1. The van der Waals surface area contributed by atoms with Crippen molar-refractivity contribution in [3.63, 3.8) is 0 Å². The Kier molecular flexibility index (Phi) is 3.92. The molecular formula is C9H13NO2S. The van der Waals surface area contributed by atoms with Crippen molar-refractivity contribution in [3.05, 3.63) is 22.4 Å². The summed E-state index contributed by atoms with van der Waals surface area (Å²) in [6, 6.07) is 3.84. The van der Waals surface area contributed by atoms with E-state index in [0.29, 0.717) is 13.0 Å². The van der Waals surface area contributed by atoms with Crippen LogP contribution in [0.4, 0.5) is 0 Å². The predicted octanol–water partition coefficient (Wildman–Crippen LogP) is 0.788. The average molecular weight is 199 g/mol. The zero-order chi connectivity index (χ0) is 9.68. The van der Waals surface area contributed by atoms with Gasteiger partial charge >= 0.3 is 0 Å². The maximum atomic E-state index is 11.2. The van der Waals surface area contributed by atoms with Crippen molar-refractivity contribution >= 4 is 17.2 Å². The van der Waals surface area contributed by atoms with E-state index in [4.69, 9.17) is 5.11 Å². The number of hydrogen-bond donors (Lipinski definition) is 2. The van der Waals surface area contributed by atoms with E-state index < -0.39 is 6.10 Å². The summed E-state index contributed by atoms with van der Waals surface area (Å²) in [7, 11) is 0. The first-order chi connectivity index (χ1) is 6.18. The van der Waals surface area contributed by atoms with E-state index in [1.165, 1.54) is 0 Å². The van der Waals surface area contributed by atoms with E-state index in [1.54, 1.807) is 18.3 Å². The summed E-state index contributed by atoms with van der Waals surface area (Å²) >= 11 is 1.56. The number of aliphatic hydroxyl groups is 1. The minimum absolute atomic E-state index is 0.0386. The van der Waals surface area contributed by atoms with Crippen molar-refractivity contribution in [2.45, 2.75) is 19.4 Å². The first-order valence-electron chi connectivity index (χ1n) is 4.15. The highest BCUT2D eigenvalue weighted by molar-refractivity contribution is 7.10. The summed E-state index contributed by atoms with van der Waals surface area (Å²) in [6.45, 7) is 1.97. The van der Waals surface area contributed by atoms with Crippen LogP contribution < -0.4 is 5.32 Å². The second-order valence-electron chi connectivity index (χ2n) is 2.91. The fraction of sp³-hybridized carbons (Fsp3) is 0.444. The van der Waals surface area contributed by atoms with E-state index in [9.17, 15) is 4.79 Å². The summed E-state index contributed by atoms with van der Waals surface area (Å²) in [4.78, 5) is 12.2. The van der Waals surface area contributed by atoms with Crippen molar-refractivity contribution in [1.82, 2.24) is 5.32 Å². The number of carbonyl (C=O) groups excluding carboxylic acids is 1. The van der Waals surface area contributed by atoms with Gasteiger partial charge in [0.25, 0.3) is 0 Å². The first-order valence-corrected chi connectivity index (χ1v) is 5.03. The van der Waals surface area contributed by atoms with Crippen LogP contribution >= 0.6 is 11.3 Å². The number of aliphatic hydroxyl groups excluding tert-OH is 1. The van der Waals surface area contributed by atoms with Crippen LogP contribution in [-0.4, -0.2) is 23.7 Å². The summed E-state index contributed by atoms with van der Waals surface area (Å²) in [5, 5.41) is 13.5. The molecule has 0 unspecified atom stereocenters. The Morgan fingerprint density at radius 1 is 1.77 bits per heavy atom. The van der Waals surface area contributed by atoms with E-state index in [-0.39, 0.29) is 5.91 Å². The first kappa shape index (κ1) is 10.2. The minimum atomic E-state index is -0.479. The molecule has 0 bridgehead atoms. The van der Waals surface area contributed by atoms with Crippen LogP contribution in [-0.2, 0) is 11.2 Å². The molecule has 0 spiro atoms. The second kappa shape index (κ2) is 4.99. The zero-order valence-electron chi connectivity index (χ0n) is 7.49. The second-order valence-corrected chi connectivity index (χ2v) is 3.94. The third-order valence-electron chi connectivity index (χ3n) is 1.51. The fourth-order valence-electron chi connectivity index (χ4n) is 0.895. The molecule has 72 valence electrons. The monoisotopic (exact) mass is 199 g/mol. The molecule has 2 N–H and O–H groups in total. The Morgan fingerprint density at radius 3 is 3.08 bits per heavy atom. The van der Waals surface area contributed by atoms with Crippen molar-refractivity contribution in [1.29, 1.82) is 0 Å². The Bertz CT molecular complexity index is 257. The third kappa shape index (κ3) is 4.05. The third-order valence-corrected chi connectivity index (χ3v) is 2.39. The molecule has 0 saturated heterocycles. The molecule has 1 rings (SSSR count). The largest absolute Gasteiger partial charge is 0.392 e. The van der Waals surface area contributed by atoms with E-state index in [2.05, 4.69) is 5.32 Å². The van der Waals surface area contributed by atoms with Gasteiger partial charge in [-0.25, -0.2) is 0 Å². The lowest BCUT2D eigenvalue weighted by molar-refractivity contribution is -0.120. The Morgan fingerprint density at radius 2 is 2.54 bits per heavy atom. The van der Waals surface area contributed by atoms with Crippen molar-refractivity contribution < 1.29 is 9.90 Å². The number of thiophene rings is 1. The van der Waals surface area contributed by atoms with Gasteiger partial charge < -0.3 is 10.4 Å². The van der Waals surface area contributed by atoms with Crippen LogP contribution in [0.15, 0.2) is 17.5 Å². The smallest absolute Gasteiger partial charge is 0.225 e. The highest BCUT2D eigenvalue weighted by Gasteiger charge is 2.04.